The van der Waals surface area contributed by atoms with E-state index in [0.29, 0.717) is 0 Å². The number of furan rings is 1. The summed E-state index contributed by atoms with van der Waals surface area (Å²) in [5.74, 6) is 0. The first kappa shape index (κ1) is 58.8. The molecule has 17 aromatic rings. The number of nitrogens with zero attached hydrogens (tertiary/aromatic N) is 2. The molecular weight excluding hydrogens is 1210 g/mol. The summed E-state index contributed by atoms with van der Waals surface area (Å²) in [5.41, 5.74) is 31.8. The molecule has 0 atom stereocenters. The van der Waals surface area contributed by atoms with Gasteiger partial charge in [0.05, 0.1) is 11.4 Å². The second-order valence-corrected chi connectivity index (χ2v) is 27.8. The first-order valence-corrected chi connectivity index (χ1v) is 34.8. The van der Waals surface area contributed by atoms with Gasteiger partial charge >= 0.3 is 0 Å². The fraction of sp³-hybridized carbons (Fsp3) is 0.0417. The van der Waals surface area contributed by atoms with Gasteiger partial charge in [0.25, 0.3) is 6.71 Å². The molecule has 0 fully saturated rings. The molecule has 0 aliphatic carbocycles. The van der Waals surface area contributed by atoms with E-state index in [-0.39, 0.29) is 12.1 Å². The predicted molar refractivity (Wildman–Crippen MR) is 425 cm³/mol. The normalized spacial score (nSPS) is 12.5. The van der Waals surface area contributed by atoms with Crippen LogP contribution >= 0.6 is 0 Å². The van der Waals surface area contributed by atoms with Gasteiger partial charge in [-0.2, -0.15) is 0 Å². The van der Waals surface area contributed by atoms with Gasteiger partial charge in [0.2, 0.25) is 0 Å². The average Bonchev–Trinajstić information content (AvgIpc) is 0.790. The predicted octanol–water partition coefficient (Wildman–Crippen LogP) is 24.6. The van der Waals surface area contributed by atoms with Crippen LogP contribution in [0, 0.1) is 0 Å². The molecule has 0 spiro atoms. The first-order valence-electron chi connectivity index (χ1n) is 34.8. The molecule has 1 aromatic heterocycles. The van der Waals surface area contributed by atoms with Crippen LogP contribution in [0.4, 0.5) is 34.1 Å². The number of para-hydroxylation sites is 3. The van der Waals surface area contributed by atoms with Gasteiger partial charge in [-0.15, -0.1) is 0 Å². The van der Waals surface area contributed by atoms with Gasteiger partial charge in [0, 0.05) is 55.8 Å². The van der Waals surface area contributed by atoms with Gasteiger partial charge in [-0.3, -0.25) is 0 Å². The van der Waals surface area contributed by atoms with Crippen LogP contribution in [0.2, 0.25) is 0 Å². The number of anilines is 6. The van der Waals surface area contributed by atoms with Gasteiger partial charge in [-0.25, -0.2) is 0 Å². The topological polar surface area (TPSA) is 19.6 Å². The van der Waals surface area contributed by atoms with Crippen LogP contribution < -0.4 is 26.2 Å². The molecule has 0 saturated carbocycles. The third-order valence-corrected chi connectivity index (χ3v) is 21.0. The van der Waals surface area contributed by atoms with E-state index in [1.165, 1.54) is 65.8 Å². The van der Waals surface area contributed by atoms with Crippen LogP contribution in [-0.4, -0.2) is 6.71 Å². The fourth-order valence-corrected chi connectivity index (χ4v) is 16.3. The highest BCUT2D eigenvalue weighted by atomic mass is 16.3. The molecule has 16 aromatic carbocycles. The van der Waals surface area contributed by atoms with E-state index in [9.17, 15) is 0 Å². The first-order chi connectivity index (χ1) is 49.3. The van der Waals surface area contributed by atoms with E-state index < -0.39 is 0 Å². The third-order valence-electron chi connectivity index (χ3n) is 21.0. The lowest BCUT2D eigenvalue weighted by Gasteiger charge is -2.46. The zero-order valence-electron chi connectivity index (χ0n) is 55.9. The summed E-state index contributed by atoms with van der Waals surface area (Å²) >= 11 is 0. The summed E-state index contributed by atoms with van der Waals surface area (Å²) in [6.07, 6.45) is 0. The lowest BCUT2D eigenvalue weighted by molar-refractivity contribution is 0.590. The van der Waals surface area contributed by atoms with Crippen molar-refractivity contribution in [2.24, 2.45) is 0 Å². The van der Waals surface area contributed by atoms with Crippen molar-refractivity contribution in [3.8, 4) is 89.0 Å². The maximum atomic E-state index is 6.50. The molecule has 4 heteroatoms. The molecule has 0 saturated heterocycles. The van der Waals surface area contributed by atoms with E-state index in [2.05, 4.69) is 382 Å². The van der Waals surface area contributed by atoms with Crippen molar-refractivity contribution in [1.82, 2.24) is 0 Å². The van der Waals surface area contributed by atoms with E-state index in [4.69, 9.17) is 4.42 Å². The highest BCUT2D eigenvalue weighted by molar-refractivity contribution is 7.00. The number of benzene rings is 16. The summed E-state index contributed by atoms with van der Waals surface area (Å²) in [5, 5.41) is 7.11. The maximum Gasteiger partial charge on any atom is 0.252 e. The quantitative estimate of drug-likeness (QED) is 0.100. The Morgan fingerprint density at radius 3 is 1.14 bits per heavy atom. The van der Waals surface area contributed by atoms with Crippen molar-refractivity contribution in [3.05, 3.63) is 357 Å². The molecule has 2 aliphatic heterocycles. The summed E-state index contributed by atoms with van der Waals surface area (Å²) in [6, 6.07) is 131. The highest BCUT2D eigenvalue weighted by Crippen LogP contribution is 2.55. The maximum absolute atomic E-state index is 6.50. The van der Waals surface area contributed by atoms with Crippen molar-refractivity contribution in [2.45, 2.75) is 26.2 Å². The Kier molecular flexibility index (Phi) is 13.9. The standard InChI is InChI=1S/C96H67BN2O/c1-96(2,3)72-60-87-93-88(61-72)99(95-75(64-32-14-6-15-33-64)45-27-46-76(95)65-34-16-7-17-35-65)86-59-71(68-48-52-80-82(57-68)92(67-38-20-9-21-39-67)79-42-23-22-41-78(79)91(80)66-36-18-8-19-37-66)49-53-83(86)97(93)84-58-70(69-51-55-90-81(56-69)77-40-24-25-47-89(77)100-90)50-54-85(84)98(87)94-73(62-28-10-4-11-29-62)43-26-44-74(94)63-30-12-5-13-31-63/h4-61H,1-3H3. The van der Waals surface area contributed by atoms with Gasteiger partial charge in [-0.1, -0.05) is 324 Å². The van der Waals surface area contributed by atoms with Crippen molar-refractivity contribution in [3.63, 3.8) is 0 Å². The molecule has 470 valence electrons. The molecule has 0 radical (unpaired) electrons. The summed E-state index contributed by atoms with van der Waals surface area (Å²) in [4.78, 5) is 5.35. The Hall–Kier alpha value is -12.5. The molecule has 0 bridgehead atoms. The van der Waals surface area contributed by atoms with Crippen molar-refractivity contribution in [2.75, 3.05) is 9.80 Å². The van der Waals surface area contributed by atoms with Gasteiger partial charge < -0.3 is 14.2 Å². The van der Waals surface area contributed by atoms with E-state index in [0.717, 1.165) is 123 Å². The van der Waals surface area contributed by atoms with E-state index >= 15 is 0 Å². The van der Waals surface area contributed by atoms with Gasteiger partial charge in [0.15, 0.2) is 0 Å². The van der Waals surface area contributed by atoms with E-state index in [1.807, 2.05) is 0 Å². The molecule has 0 unspecified atom stereocenters. The third kappa shape index (κ3) is 9.65. The fourth-order valence-electron chi connectivity index (χ4n) is 16.3. The number of fused-ring (bicyclic) bond motifs is 9. The Morgan fingerprint density at radius 2 is 0.630 bits per heavy atom. The number of rotatable bonds is 10. The van der Waals surface area contributed by atoms with Crippen LogP contribution in [0.3, 0.4) is 0 Å². The van der Waals surface area contributed by atoms with Crippen LogP contribution in [0.15, 0.2) is 356 Å². The zero-order valence-corrected chi connectivity index (χ0v) is 55.9. The Morgan fingerprint density at radius 1 is 0.250 bits per heavy atom. The van der Waals surface area contributed by atoms with Crippen LogP contribution in [0.25, 0.3) is 132 Å². The van der Waals surface area contributed by atoms with Crippen molar-refractivity contribution < 1.29 is 4.42 Å². The minimum absolute atomic E-state index is 0.238. The van der Waals surface area contributed by atoms with Gasteiger partial charge in [-0.05, 0) is 164 Å². The lowest BCUT2D eigenvalue weighted by Crippen LogP contribution is -2.61. The van der Waals surface area contributed by atoms with Crippen LogP contribution in [-0.2, 0) is 5.41 Å². The second-order valence-electron chi connectivity index (χ2n) is 27.8. The molecule has 0 N–H and O–H groups in total. The highest BCUT2D eigenvalue weighted by Gasteiger charge is 2.46. The molecule has 19 rings (SSSR count). The molecule has 2 aliphatic rings. The molecule has 3 nitrogen and oxygen atoms in total. The minimum Gasteiger partial charge on any atom is -0.456 e. The summed E-state index contributed by atoms with van der Waals surface area (Å²) < 4.78 is 6.50. The minimum atomic E-state index is -0.298. The van der Waals surface area contributed by atoms with E-state index in [1.54, 1.807) is 0 Å². The molecule has 100 heavy (non-hydrogen) atoms. The van der Waals surface area contributed by atoms with Crippen LogP contribution in [0.1, 0.15) is 26.3 Å². The smallest absolute Gasteiger partial charge is 0.252 e. The SMILES string of the molecule is CC(C)(C)c1cc2c3c(c1)N(c1c(-c4ccccc4)cccc1-c1ccccc1)c1cc(-c4ccc5c(-c6ccccc6)c6ccccc6c(-c6ccccc6)c5c4)ccc1B3c1cc(-c3ccc4oc5ccccc5c4c3)ccc1N2c1c(-c2ccccc2)cccc1-c1ccccc1. The van der Waals surface area contributed by atoms with Crippen molar-refractivity contribution in [1.29, 1.82) is 0 Å². The average molecular weight is 1280 g/mol. The molecule has 3 heterocycles. The van der Waals surface area contributed by atoms with Crippen LogP contribution in [0.5, 0.6) is 0 Å². The number of hydrogen-bond acceptors (Lipinski definition) is 3. The zero-order chi connectivity index (χ0) is 66.6. The largest absolute Gasteiger partial charge is 0.456 e. The van der Waals surface area contributed by atoms with Crippen molar-refractivity contribution >= 4 is 101 Å². The van der Waals surface area contributed by atoms with Gasteiger partial charge in [0.1, 0.15) is 11.2 Å². The lowest BCUT2D eigenvalue weighted by atomic mass is 9.33. The Balaban J connectivity index is 0.948. The number of hydrogen-bond donors (Lipinski definition) is 0. The second kappa shape index (κ2) is 23.7. The molecular formula is C96H67BN2O. The summed E-state index contributed by atoms with van der Waals surface area (Å²) in [7, 11) is 0. The monoisotopic (exact) mass is 1270 g/mol. The molecule has 0 amide bonds. The Bertz CT molecular complexity index is 5940. The summed E-state index contributed by atoms with van der Waals surface area (Å²) in [6.45, 7) is 6.89. The Labute approximate surface area is 583 Å².